The zero-order chi connectivity index (χ0) is 24.5. The largest absolute Gasteiger partial charge is 0.461 e. The van der Waals surface area contributed by atoms with Crippen molar-refractivity contribution in [3.8, 4) is 18.0 Å². The minimum Gasteiger partial charge on any atom is -0.461 e. The summed E-state index contributed by atoms with van der Waals surface area (Å²) in [5.74, 6) is 1.11. The van der Waals surface area contributed by atoms with Crippen LogP contribution in [0.1, 0.15) is 48.8 Å². The van der Waals surface area contributed by atoms with Gasteiger partial charge in [0, 0.05) is 25.4 Å². The molecule has 0 aliphatic carbocycles. The number of hydrogen-bond donors (Lipinski definition) is 1. The Labute approximate surface area is 184 Å². The van der Waals surface area contributed by atoms with Crippen LogP contribution in [0.25, 0.3) is 5.69 Å². The second-order valence-corrected chi connectivity index (χ2v) is 6.31. The number of benzene rings is 1. The molecular formula is C22H26F3N3O4. The van der Waals surface area contributed by atoms with Crippen LogP contribution in [0, 0.1) is 12.3 Å². The number of carbonyl (C=O) groups is 2. The number of likely N-dealkylation sites (tertiary alicyclic amines) is 1. The second-order valence-electron chi connectivity index (χ2n) is 6.31. The molecule has 0 spiro atoms. The summed E-state index contributed by atoms with van der Waals surface area (Å²) in [6, 6.07) is 6.23. The molecule has 1 unspecified atom stereocenters. The van der Waals surface area contributed by atoms with E-state index in [0.29, 0.717) is 24.2 Å². The molecule has 2 aromatic rings. The highest BCUT2D eigenvalue weighted by atomic mass is 19.4. The van der Waals surface area contributed by atoms with E-state index >= 15 is 0 Å². The second kappa shape index (κ2) is 11.9. The van der Waals surface area contributed by atoms with Crippen molar-refractivity contribution in [3.05, 3.63) is 47.3 Å². The van der Waals surface area contributed by atoms with Crippen molar-refractivity contribution in [2.75, 3.05) is 20.2 Å². The minimum atomic E-state index is -4.72. The minimum absolute atomic E-state index is 0.0461. The van der Waals surface area contributed by atoms with E-state index in [1.165, 1.54) is 24.0 Å². The summed E-state index contributed by atoms with van der Waals surface area (Å²) in [6.45, 7) is 6.15. The van der Waals surface area contributed by atoms with Gasteiger partial charge in [-0.05, 0) is 31.5 Å². The van der Waals surface area contributed by atoms with Gasteiger partial charge in [-0.3, -0.25) is 4.79 Å². The zero-order valence-corrected chi connectivity index (χ0v) is 18.3. The van der Waals surface area contributed by atoms with Gasteiger partial charge in [0.25, 0.3) is 5.91 Å². The number of aliphatic hydroxyl groups is 1. The summed E-state index contributed by atoms with van der Waals surface area (Å²) >= 11 is 0. The maximum absolute atomic E-state index is 13.0. The Morgan fingerprint density at radius 2 is 2.03 bits per heavy atom. The Bertz CT molecular complexity index is 952. The third-order valence-corrected chi connectivity index (χ3v) is 4.17. The van der Waals surface area contributed by atoms with Crippen molar-refractivity contribution in [2.24, 2.45) is 0 Å². The number of aliphatic hydroxyl groups excluding tert-OH is 1. The molecule has 0 saturated carbocycles. The molecule has 7 nitrogen and oxygen atoms in total. The summed E-state index contributed by atoms with van der Waals surface area (Å²) in [7, 11) is 1.69. The molecule has 1 fully saturated rings. The summed E-state index contributed by atoms with van der Waals surface area (Å²) in [5, 5.41) is 12.5. The first-order chi connectivity index (χ1) is 15.1. The maximum atomic E-state index is 13.0. The first-order valence-corrected chi connectivity index (χ1v) is 9.92. The Hall–Kier alpha value is -3.32. The molecule has 2 heterocycles. The number of amides is 1. The topological polar surface area (TPSA) is 84.7 Å². The SMILES string of the molecule is C#Cc1cccc(-n2cc(C(F)(F)F)c(C(=O)OCC)n2)c1.CC.CN1CCC(O)C1=O. The summed E-state index contributed by atoms with van der Waals surface area (Å²) in [4.78, 5) is 23.8. The van der Waals surface area contributed by atoms with E-state index in [2.05, 4.69) is 15.8 Å². The normalized spacial score (nSPS) is 15.2. The molecule has 1 aromatic heterocycles. The molecule has 0 bridgehead atoms. The van der Waals surface area contributed by atoms with Gasteiger partial charge in [-0.1, -0.05) is 25.8 Å². The third kappa shape index (κ3) is 6.85. The molecule has 1 amide bonds. The molecule has 174 valence electrons. The molecule has 1 atom stereocenters. The van der Waals surface area contributed by atoms with Crippen LogP contribution in [0.4, 0.5) is 13.2 Å². The number of hydrogen-bond acceptors (Lipinski definition) is 5. The van der Waals surface area contributed by atoms with Gasteiger partial charge in [0.05, 0.1) is 12.3 Å². The van der Waals surface area contributed by atoms with Gasteiger partial charge in [-0.2, -0.15) is 18.3 Å². The van der Waals surface area contributed by atoms with Gasteiger partial charge in [0.15, 0.2) is 5.69 Å². The van der Waals surface area contributed by atoms with Crippen LogP contribution in [0.15, 0.2) is 30.5 Å². The summed E-state index contributed by atoms with van der Waals surface area (Å²) in [6.07, 6.45) is 1.15. The summed E-state index contributed by atoms with van der Waals surface area (Å²) < 4.78 is 44.7. The Morgan fingerprint density at radius 1 is 1.38 bits per heavy atom. The number of likely N-dealkylation sites (N-methyl/N-ethyl adjacent to an activating group) is 1. The van der Waals surface area contributed by atoms with Crippen molar-refractivity contribution < 1.29 is 32.6 Å². The highest BCUT2D eigenvalue weighted by molar-refractivity contribution is 5.89. The molecule has 1 aliphatic heterocycles. The fourth-order valence-electron chi connectivity index (χ4n) is 2.61. The number of aromatic nitrogens is 2. The maximum Gasteiger partial charge on any atom is 0.420 e. The molecule has 0 radical (unpaired) electrons. The van der Waals surface area contributed by atoms with E-state index in [0.717, 1.165) is 10.9 Å². The predicted molar refractivity (Wildman–Crippen MR) is 112 cm³/mol. The molecule has 3 rings (SSSR count). The highest BCUT2D eigenvalue weighted by Gasteiger charge is 2.39. The van der Waals surface area contributed by atoms with Gasteiger partial charge in [0.2, 0.25) is 0 Å². The molecule has 1 aliphatic rings. The zero-order valence-electron chi connectivity index (χ0n) is 18.3. The monoisotopic (exact) mass is 453 g/mol. The van der Waals surface area contributed by atoms with Crippen molar-refractivity contribution in [2.45, 2.75) is 39.5 Å². The molecule has 1 aromatic carbocycles. The first-order valence-electron chi connectivity index (χ1n) is 9.92. The molecule has 10 heteroatoms. The van der Waals surface area contributed by atoms with Gasteiger partial charge < -0.3 is 14.7 Å². The number of halogens is 3. The van der Waals surface area contributed by atoms with Crippen LogP contribution >= 0.6 is 0 Å². The molecule has 1 N–H and O–H groups in total. The van der Waals surface area contributed by atoms with Gasteiger partial charge in [0.1, 0.15) is 11.7 Å². The van der Waals surface area contributed by atoms with Crippen LogP contribution in [0.2, 0.25) is 0 Å². The molecular weight excluding hydrogens is 427 g/mol. The summed E-state index contributed by atoms with van der Waals surface area (Å²) in [5.41, 5.74) is -1.13. The van der Waals surface area contributed by atoms with E-state index in [4.69, 9.17) is 11.5 Å². The Kier molecular flexibility index (Phi) is 9.94. The van der Waals surface area contributed by atoms with Crippen LogP contribution in [-0.4, -0.2) is 58.0 Å². The van der Waals surface area contributed by atoms with E-state index in [1.807, 2.05) is 13.8 Å². The van der Waals surface area contributed by atoms with E-state index in [1.54, 1.807) is 19.2 Å². The fourth-order valence-corrected chi connectivity index (χ4v) is 2.61. The number of terminal acetylenes is 1. The van der Waals surface area contributed by atoms with Crippen molar-refractivity contribution in [1.29, 1.82) is 0 Å². The van der Waals surface area contributed by atoms with Crippen LogP contribution in [-0.2, 0) is 15.7 Å². The fraction of sp³-hybridized carbons (Fsp3) is 0.409. The lowest BCUT2D eigenvalue weighted by atomic mass is 10.2. The Morgan fingerprint density at radius 3 is 2.47 bits per heavy atom. The smallest absolute Gasteiger partial charge is 0.420 e. The number of ether oxygens (including phenoxy) is 1. The lowest BCUT2D eigenvalue weighted by Gasteiger charge is -2.05. The van der Waals surface area contributed by atoms with Crippen LogP contribution in [0.5, 0.6) is 0 Å². The van der Waals surface area contributed by atoms with Gasteiger partial charge in [-0.15, -0.1) is 6.42 Å². The lowest BCUT2D eigenvalue weighted by molar-refractivity contribution is -0.138. The first kappa shape index (κ1) is 26.7. The van der Waals surface area contributed by atoms with E-state index in [9.17, 15) is 22.8 Å². The third-order valence-electron chi connectivity index (χ3n) is 4.17. The predicted octanol–water partition coefficient (Wildman–Crippen LogP) is 3.28. The van der Waals surface area contributed by atoms with Crippen molar-refractivity contribution in [1.82, 2.24) is 14.7 Å². The number of alkyl halides is 3. The Balaban J connectivity index is 0.000000427. The van der Waals surface area contributed by atoms with Crippen LogP contribution in [0.3, 0.4) is 0 Å². The van der Waals surface area contributed by atoms with Gasteiger partial charge in [-0.25, -0.2) is 9.48 Å². The number of rotatable bonds is 3. The number of nitrogens with zero attached hydrogens (tertiary/aromatic N) is 3. The van der Waals surface area contributed by atoms with E-state index in [-0.39, 0.29) is 12.5 Å². The average Bonchev–Trinajstić information content (AvgIpc) is 3.36. The quantitative estimate of drug-likeness (QED) is 0.570. The molecule has 1 saturated heterocycles. The van der Waals surface area contributed by atoms with Crippen molar-refractivity contribution >= 4 is 11.9 Å². The lowest BCUT2D eigenvalue weighted by Crippen LogP contribution is -2.24. The average molecular weight is 453 g/mol. The molecule has 32 heavy (non-hydrogen) atoms. The van der Waals surface area contributed by atoms with Crippen LogP contribution < -0.4 is 0 Å². The number of esters is 1. The standard InChI is InChI=1S/C15H11F3N2O2.C5H9NO2.C2H6/c1-3-10-6-5-7-11(8-10)20-9-12(15(16,17)18)13(19-20)14(21)22-4-2;1-6-3-2-4(7)5(6)8;1-2/h1,5-9H,4H2,2H3;4,7H,2-3H2,1H3;1-2H3. The van der Waals surface area contributed by atoms with Gasteiger partial charge >= 0.3 is 12.1 Å². The van der Waals surface area contributed by atoms with E-state index < -0.39 is 29.5 Å². The number of carbonyl (C=O) groups excluding carboxylic acids is 2. The highest BCUT2D eigenvalue weighted by Crippen LogP contribution is 2.32. The van der Waals surface area contributed by atoms with Crippen molar-refractivity contribution in [3.63, 3.8) is 0 Å².